The molecule has 1 aliphatic rings. The Balaban J connectivity index is 1.55. The number of pyridine rings is 1. The molecule has 0 radical (unpaired) electrons. The highest BCUT2D eigenvalue weighted by atomic mass is 19.3. The molecule has 1 unspecified atom stereocenters. The lowest BCUT2D eigenvalue weighted by molar-refractivity contribution is -0.139. The third-order valence-corrected chi connectivity index (χ3v) is 6.19. The smallest absolute Gasteiger partial charge is 0.303 e. The molecule has 11 nitrogen and oxygen atoms in total. The number of hydrogen-bond acceptors (Lipinski definition) is 8. The zero-order valence-corrected chi connectivity index (χ0v) is 21.4. The maximum Gasteiger partial charge on any atom is 0.303 e. The summed E-state index contributed by atoms with van der Waals surface area (Å²) >= 11 is 0. The summed E-state index contributed by atoms with van der Waals surface area (Å²) in [5.74, 6) is -3.90. The molecule has 3 aromatic heterocycles. The van der Waals surface area contributed by atoms with E-state index in [0.717, 1.165) is 6.54 Å². The predicted molar refractivity (Wildman–Crippen MR) is 130 cm³/mol. The van der Waals surface area contributed by atoms with E-state index in [9.17, 15) is 13.6 Å². The van der Waals surface area contributed by atoms with Crippen LogP contribution >= 0.6 is 0 Å². The van der Waals surface area contributed by atoms with E-state index < -0.39 is 30.8 Å². The van der Waals surface area contributed by atoms with Crippen LogP contribution in [-0.2, 0) is 31.4 Å². The zero-order valence-electron chi connectivity index (χ0n) is 21.4. The Morgan fingerprint density at radius 2 is 2.05 bits per heavy atom. The topological polar surface area (TPSA) is 124 Å². The standard InChI is InChI=1S/C24H32F2N8O3/c1-5-17-19(33-11-16(8-22(35)36)9-24(25,26)14-33)7-6-18(27-17)23-20(32(4)30-29-23)13-37-21-12-34(31-28-21)10-15(2)3/h6-7,12,15-16H,5,8-11,13-14H2,1-4H3,(H,35,36). The second-order valence-corrected chi connectivity index (χ2v) is 9.89. The summed E-state index contributed by atoms with van der Waals surface area (Å²) < 4.78 is 38.1. The average Bonchev–Trinajstić information content (AvgIpc) is 3.41. The van der Waals surface area contributed by atoms with Gasteiger partial charge >= 0.3 is 5.97 Å². The Bertz CT molecular complexity index is 1240. The van der Waals surface area contributed by atoms with Gasteiger partial charge < -0.3 is 14.7 Å². The van der Waals surface area contributed by atoms with Crippen molar-refractivity contribution < 1.29 is 23.4 Å². The molecular weight excluding hydrogens is 486 g/mol. The Labute approximate surface area is 213 Å². The molecule has 200 valence electrons. The molecule has 0 aromatic carbocycles. The first kappa shape index (κ1) is 26.4. The minimum Gasteiger partial charge on any atom is -0.481 e. The minimum atomic E-state index is -2.98. The van der Waals surface area contributed by atoms with E-state index in [1.54, 1.807) is 39.6 Å². The fourth-order valence-corrected chi connectivity index (χ4v) is 4.64. The van der Waals surface area contributed by atoms with Crippen LogP contribution in [0, 0.1) is 11.8 Å². The lowest BCUT2D eigenvalue weighted by Gasteiger charge is -2.39. The van der Waals surface area contributed by atoms with E-state index in [-0.39, 0.29) is 19.6 Å². The lowest BCUT2D eigenvalue weighted by atomic mass is 9.91. The number of hydrogen-bond donors (Lipinski definition) is 1. The first-order chi connectivity index (χ1) is 17.5. The van der Waals surface area contributed by atoms with E-state index in [2.05, 4.69) is 34.5 Å². The van der Waals surface area contributed by atoms with Gasteiger partial charge in [-0.05, 0) is 30.4 Å². The number of aliphatic carboxylic acids is 1. The number of carboxylic acids is 1. The molecule has 1 atom stereocenters. The molecule has 1 fully saturated rings. The van der Waals surface area contributed by atoms with Crippen LogP contribution < -0.4 is 9.64 Å². The largest absolute Gasteiger partial charge is 0.481 e. The number of nitrogens with zero attached hydrogens (tertiary/aromatic N) is 8. The van der Waals surface area contributed by atoms with Crippen LogP contribution in [0.3, 0.4) is 0 Å². The van der Waals surface area contributed by atoms with Gasteiger partial charge in [-0.1, -0.05) is 36.3 Å². The molecule has 0 amide bonds. The van der Waals surface area contributed by atoms with Gasteiger partial charge in [0, 0.05) is 26.6 Å². The second kappa shape index (κ2) is 10.8. The van der Waals surface area contributed by atoms with Gasteiger partial charge in [-0.3, -0.25) is 4.79 Å². The number of aryl methyl sites for hydroxylation is 2. The zero-order chi connectivity index (χ0) is 26.7. The Kier molecular flexibility index (Phi) is 7.69. The molecule has 0 saturated carbocycles. The molecule has 37 heavy (non-hydrogen) atoms. The quantitative estimate of drug-likeness (QED) is 0.431. The molecule has 0 aliphatic carbocycles. The monoisotopic (exact) mass is 518 g/mol. The van der Waals surface area contributed by atoms with Crippen molar-refractivity contribution in [3.63, 3.8) is 0 Å². The number of carboxylic acid groups (broad SMARTS) is 1. The maximum atomic E-state index is 14.5. The lowest BCUT2D eigenvalue weighted by Crippen LogP contribution is -2.48. The molecular formula is C24H32F2N8O3. The Morgan fingerprint density at radius 1 is 1.27 bits per heavy atom. The van der Waals surface area contributed by atoms with Crippen LogP contribution in [0.5, 0.6) is 5.88 Å². The van der Waals surface area contributed by atoms with E-state index in [1.807, 2.05) is 6.92 Å². The van der Waals surface area contributed by atoms with Crippen LogP contribution in [0.25, 0.3) is 11.4 Å². The number of ether oxygens (including phenoxy) is 1. The molecule has 0 bridgehead atoms. The number of alkyl halides is 2. The highest BCUT2D eigenvalue weighted by molar-refractivity contribution is 5.67. The van der Waals surface area contributed by atoms with Crippen LogP contribution in [0.1, 0.15) is 45.0 Å². The molecule has 4 rings (SSSR count). The number of rotatable bonds is 10. The van der Waals surface area contributed by atoms with Crippen molar-refractivity contribution in [3.05, 3.63) is 29.7 Å². The van der Waals surface area contributed by atoms with Gasteiger partial charge in [0.05, 0.1) is 36.2 Å². The van der Waals surface area contributed by atoms with E-state index in [0.29, 0.717) is 46.7 Å². The number of anilines is 1. The third-order valence-electron chi connectivity index (χ3n) is 6.19. The highest BCUT2D eigenvalue weighted by Crippen LogP contribution is 2.36. The molecule has 1 saturated heterocycles. The van der Waals surface area contributed by atoms with Gasteiger partial charge in [-0.25, -0.2) is 23.1 Å². The first-order valence-corrected chi connectivity index (χ1v) is 12.3. The summed E-state index contributed by atoms with van der Waals surface area (Å²) in [5, 5.41) is 25.6. The number of aromatic nitrogens is 7. The average molecular weight is 519 g/mol. The van der Waals surface area contributed by atoms with Crippen molar-refractivity contribution in [2.45, 2.75) is 59.1 Å². The van der Waals surface area contributed by atoms with Crippen molar-refractivity contribution in [1.29, 1.82) is 0 Å². The SMILES string of the molecule is CCc1nc(-c2nnn(C)c2COc2cn(CC(C)C)nn2)ccc1N1CC(CC(=O)O)CC(F)(F)C1. The van der Waals surface area contributed by atoms with E-state index in [4.69, 9.17) is 14.8 Å². The Morgan fingerprint density at radius 3 is 2.76 bits per heavy atom. The summed E-state index contributed by atoms with van der Waals surface area (Å²) in [6, 6.07) is 3.47. The van der Waals surface area contributed by atoms with Crippen molar-refractivity contribution in [1.82, 2.24) is 35.0 Å². The number of piperidine rings is 1. The summed E-state index contributed by atoms with van der Waals surface area (Å²) in [7, 11) is 1.75. The van der Waals surface area contributed by atoms with Gasteiger partial charge in [0.15, 0.2) is 0 Å². The number of carbonyl (C=O) groups is 1. The van der Waals surface area contributed by atoms with Crippen molar-refractivity contribution >= 4 is 11.7 Å². The van der Waals surface area contributed by atoms with Gasteiger partial charge in [0.25, 0.3) is 11.8 Å². The van der Waals surface area contributed by atoms with Gasteiger partial charge in [0.1, 0.15) is 18.0 Å². The van der Waals surface area contributed by atoms with Crippen LogP contribution in [0.2, 0.25) is 0 Å². The molecule has 13 heteroatoms. The first-order valence-electron chi connectivity index (χ1n) is 12.3. The van der Waals surface area contributed by atoms with Gasteiger partial charge in [0.2, 0.25) is 0 Å². The summed E-state index contributed by atoms with van der Waals surface area (Å²) in [4.78, 5) is 17.4. The second-order valence-electron chi connectivity index (χ2n) is 9.89. The number of halogens is 2. The molecule has 3 aromatic rings. The van der Waals surface area contributed by atoms with E-state index >= 15 is 0 Å². The summed E-state index contributed by atoms with van der Waals surface area (Å²) in [6.45, 7) is 6.70. The van der Waals surface area contributed by atoms with Crippen molar-refractivity contribution in [2.24, 2.45) is 18.9 Å². The van der Waals surface area contributed by atoms with Crippen LogP contribution in [0.15, 0.2) is 18.3 Å². The molecule has 4 heterocycles. The van der Waals surface area contributed by atoms with Gasteiger partial charge in [-0.15, -0.1) is 5.10 Å². The fourth-order valence-electron chi connectivity index (χ4n) is 4.64. The predicted octanol–water partition coefficient (Wildman–Crippen LogP) is 3.20. The van der Waals surface area contributed by atoms with Crippen LogP contribution in [-0.4, -0.2) is 65.1 Å². The minimum absolute atomic E-state index is 0.138. The van der Waals surface area contributed by atoms with E-state index in [1.165, 1.54) is 0 Å². The molecule has 0 spiro atoms. The summed E-state index contributed by atoms with van der Waals surface area (Å²) in [5.41, 5.74) is 2.93. The Hall–Kier alpha value is -3.64. The van der Waals surface area contributed by atoms with Crippen LogP contribution in [0.4, 0.5) is 14.5 Å². The normalized spacial score (nSPS) is 17.4. The molecule has 1 aliphatic heterocycles. The fraction of sp³-hybridized carbons (Fsp3) is 0.583. The maximum absolute atomic E-state index is 14.5. The molecule has 1 N–H and O–H groups in total. The van der Waals surface area contributed by atoms with Crippen molar-refractivity contribution in [2.75, 3.05) is 18.0 Å². The van der Waals surface area contributed by atoms with Gasteiger partial charge in [-0.2, -0.15) is 0 Å². The third kappa shape index (κ3) is 6.38. The highest BCUT2D eigenvalue weighted by Gasteiger charge is 2.41. The van der Waals surface area contributed by atoms with Crippen molar-refractivity contribution in [3.8, 4) is 17.3 Å². The summed E-state index contributed by atoms with van der Waals surface area (Å²) in [6.07, 6.45) is 1.50.